The summed E-state index contributed by atoms with van der Waals surface area (Å²) in [6.45, 7) is 0.260. The van der Waals surface area contributed by atoms with Crippen LogP contribution in [0.2, 0.25) is 0 Å². The molecular formula is C12H16N4O4. The summed E-state index contributed by atoms with van der Waals surface area (Å²) in [6, 6.07) is 3.21. The second-order valence-corrected chi connectivity index (χ2v) is 4.30. The standard InChI is InChI=1S/C12H16N4O4/c13-10-1-2-11(14(3-5-17)4-6-18)12-9(10)7-15(19)8-16(12)20/h1-2,7-8,17-18H,3-6,13H2. The molecule has 8 nitrogen and oxygen atoms in total. The third-order valence-electron chi connectivity index (χ3n) is 3.01. The van der Waals surface area contributed by atoms with Crippen molar-refractivity contribution in [3.63, 3.8) is 0 Å². The first-order chi connectivity index (χ1) is 9.58. The zero-order chi connectivity index (χ0) is 14.7. The van der Waals surface area contributed by atoms with Crippen molar-refractivity contribution in [2.45, 2.75) is 0 Å². The topological polar surface area (TPSA) is 124 Å². The number of aliphatic hydroxyl groups is 2. The van der Waals surface area contributed by atoms with Gasteiger partial charge >= 0.3 is 6.33 Å². The number of benzene rings is 1. The van der Waals surface area contributed by atoms with Gasteiger partial charge in [-0.15, -0.1) is 9.46 Å². The van der Waals surface area contributed by atoms with Gasteiger partial charge in [-0.1, -0.05) is 0 Å². The van der Waals surface area contributed by atoms with E-state index >= 15 is 0 Å². The summed E-state index contributed by atoms with van der Waals surface area (Å²) in [5, 5.41) is 41.8. The molecule has 0 fully saturated rings. The molecule has 0 atom stereocenters. The van der Waals surface area contributed by atoms with E-state index in [9.17, 15) is 10.4 Å². The van der Waals surface area contributed by atoms with E-state index in [1.165, 1.54) is 6.20 Å². The molecular weight excluding hydrogens is 264 g/mol. The maximum Gasteiger partial charge on any atom is 0.430 e. The lowest BCUT2D eigenvalue weighted by atomic mass is 10.1. The van der Waals surface area contributed by atoms with Crippen LogP contribution in [0.4, 0.5) is 11.4 Å². The van der Waals surface area contributed by atoms with E-state index in [-0.39, 0.29) is 31.8 Å². The molecule has 0 aliphatic carbocycles. The summed E-state index contributed by atoms with van der Waals surface area (Å²) >= 11 is 0. The number of aromatic nitrogens is 2. The molecule has 0 saturated carbocycles. The predicted octanol–water partition coefficient (Wildman–Crippen LogP) is -1.52. The Balaban J connectivity index is 2.67. The van der Waals surface area contributed by atoms with Crippen LogP contribution in [0.1, 0.15) is 0 Å². The first kappa shape index (κ1) is 14.1. The van der Waals surface area contributed by atoms with Gasteiger partial charge < -0.3 is 31.3 Å². The van der Waals surface area contributed by atoms with Gasteiger partial charge in [0, 0.05) is 13.1 Å². The first-order valence-electron chi connectivity index (χ1n) is 6.09. The number of anilines is 2. The van der Waals surface area contributed by atoms with E-state index in [1.807, 2.05) is 0 Å². The Labute approximate surface area is 115 Å². The van der Waals surface area contributed by atoms with Gasteiger partial charge in [0.25, 0.3) is 5.52 Å². The first-order valence-corrected chi connectivity index (χ1v) is 6.09. The molecule has 0 bridgehead atoms. The lowest BCUT2D eigenvalue weighted by Crippen LogP contribution is -2.42. The monoisotopic (exact) mass is 280 g/mol. The van der Waals surface area contributed by atoms with Gasteiger partial charge in [0.1, 0.15) is 11.1 Å². The van der Waals surface area contributed by atoms with Crippen molar-refractivity contribution in [3.8, 4) is 0 Å². The smallest absolute Gasteiger partial charge is 0.430 e. The third-order valence-corrected chi connectivity index (χ3v) is 3.01. The van der Waals surface area contributed by atoms with Crippen LogP contribution < -0.4 is 20.1 Å². The van der Waals surface area contributed by atoms with E-state index in [2.05, 4.69) is 0 Å². The summed E-state index contributed by atoms with van der Waals surface area (Å²) in [6.07, 6.45) is 2.07. The molecule has 0 spiro atoms. The zero-order valence-electron chi connectivity index (χ0n) is 10.8. The Bertz CT molecular complexity index is 614. The van der Waals surface area contributed by atoms with Crippen LogP contribution in [0, 0.1) is 10.4 Å². The molecule has 8 heteroatoms. The third kappa shape index (κ3) is 2.51. The predicted molar refractivity (Wildman–Crippen MR) is 72.7 cm³/mol. The highest BCUT2D eigenvalue weighted by molar-refractivity contribution is 5.95. The summed E-state index contributed by atoms with van der Waals surface area (Å²) in [7, 11) is 0. The average molecular weight is 280 g/mol. The van der Waals surface area contributed by atoms with Gasteiger partial charge in [-0.2, -0.15) is 0 Å². The van der Waals surface area contributed by atoms with Crippen molar-refractivity contribution < 1.29 is 19.7 Å². The largest absolute Gasteiger partial charge is 0.614 e. The molecule has 4 N–H and O–H groups in total. The molecule has 2 aromatic rings. The highest BCUT2D eigenvalue weighted by atomic mass is 16.5. The molecule has 108 valence electrons. The van der Waals surface area contributed by atoms with Gasteiger partial charge in [-0.25, -0.2) is 0 Å². The minimum absolute atomic E-state index is 0.126. The maximum absolute atomic E-state index is 12.0. The molecule has 0 aliphatic heterocycles. The van der Waals surface area contributed by atoms with Crippen molar-refractivity contribution >= 4 is 22.3 Å². The van der Waals surface area contributed by atoms with Crippen LogP contribution in [0.25, 0.3) is 10.9 Å². The Morgan fingerprint density at radius 2 is 1.80 bits per heavy atom. The number of rotatable bonds is 5. The lowest BCUT2D eigenvalue weighted by Gasteiger charge is -2.23. The molecule has 1 heterocycles. The Kier molecular flexibility index (Phi) is 4.06. The number of fused-ring (bicyclic) bond motifs is 1. The van der Waals surface area contributed by atoms with Crippen LogP contribution in [0.15, 0.2) is 24.7 Å². The molecule has 0 aliphatic rings. The fourth-order valence-electron chi connectivity index (χ4n) is 2.15. The summed E-state index contributed by atoms with van der Waals surface area (Å²) in [4.78, 5) is 1.66. The number of nitrogens with zero attached hydrogens (tertiary/aromatic N) is 3. The highest BCUT2D eigenvalue weighted by Crippen LogP contribution is 2.27. The fraction of sp³-hybridized carbons (Fsp3) is 0.333. The highest BCUT2D eigenvalue weighted by Gasteiger charge is 2.20. The molecule has 0 unspecified atom stereocenters. The molecule has 1 aromatic heterocycles. The maximum atomic E-state index is 12.0. The molecule has 1 aromatic carbocycles. The minimum atomic E-state index is -0.126. The van der Waals surface area contributed by atoms with Gasteiger partial charge in [-0.3, -0.25) is 0 Å². The number of aliphatic hydroxyl groups excluding tert-OH is 2. The Hall–Kier alpha value is -2.32. The van der Waals surface area contributed by atoms with Gasteiger partial charge in [-0.05, 0) is 12.1 Å². The van der Waals surface area contributed by atoms with Crippen molar-refractivity contribution in [1.82, 2.24) is 0 Å². The van der Waals surface area contributed by atoms with Crippen LogP contribution in [-0.4, -0.2) is 36.5 Å². The minimum Gasteiger partial charge on any atom is -0.614 e. The number of hydrogen-bond acceptors (Lipinski definition) is 6. The van der Waals surface area contributed by atoms with E-state index in [4.69, 9.17) is 15.9 Å². The SMILES string of the molecule is Nc1ccc(N(CCO)CCO)c2c1c[n+]([O-])c[n+]2[O-]. The molecule has 20 heavy (non-hydrogen) atoms. The van der Waals surface area contributed by atoms with Crippen LogP contribution in [0.5, 0.6) is 0 Å². The quantitative estimate of drug-likeness (QED) is 0.347. The van der Waals surface area contributed by atoms with Crippen LogP contribution in [-0.2, 0) is 0 Å². The number of hydrogen-bond donors (Lipinski definition) is 3. The summed E-state index contributed by atoms with van der Waals surface area (Å²) in [5.41, 5.74) is 6.84. The van der Waals surface area contributed by atoms with Crippen LogP contribution in [0.3, 0.4) is 0 Å². The summed E-state index contributed by atoms with van der Waals surface area (Å²) < 4.78 is 0.827. The number of nitrogen functional groups attached to an aromatic ring is 1. The fourth-order valence-corrected chi connectivity index (χ4v) is 2.15. The van der Waals surface area contributed by atoms with Crippen molar-refractivity contribution in [2.24, 2.45) is 0 Å². The van der Waals surface area contributed by atoms with E-state index in [0.717, 1.165) is 6.33 Å². The van der Waals surface area contributed by atoms with Gasteiger partial charge in [0.15, 0.2) is 0 Å². The molecule has 0 radical (unpaired) electrons. The zero-order valence-corrected chi connectivity index (χ0v) is 10.8. The molecule has 2 rings (SSSR count). The average Bonchev–Trinajstić information content (AvgIpc) is 2.40. The van der Waals surface area contributed by atoms with Crippen molar-refractivity contribution in [1.29, 1.82) is 0 Å². The van der Waals surface area contributed by atoms with E-state index < -0.39 is 0 Å². The lowest BCUT2D eigenvalue weighted by molar-refractivity contribution is -0.730. The Morgan fingerprint density at radius 3 is 2.40 bits per heavy atom. The van der Waals surface area contributed by atoms with Gasteiger partial charge in [0.05, 0.1) is 18.9 Å². The Morgan fingerprint density at radius 1 is 1.15 bits per heavy atom. The van der Waals surface area contributed by atoms with E-state index in [0.29, 0.717) is 26.2 Å². The van der Waals surface area contributed by atoms with Crippen LogP contribution >= 0.6 is 0 Å². The molecule has 0 amide bonds. The molecule has 0 saturated heterocycles. The number of nitrogens with two attached hydrogens (primary N) is 1. The summed E-state index contributed by atoms with van der Waals surface area (Å²) in [5.74, 6) is 0. The normalized spacial score (nSPS) is 10.9. The second kappa shape index (κ2) is 5.76. The van der Waals surface area contributed by atoms with E-state index in [1.54, 1.807) is 17.0 Å². The van der Waals surface area contributed by atoms with Crippen molar-refractivity contribution in [2.75, 3.05) is 36.9 Å². The van der Waals surface area contributed by atoms with Gasteiger partial charge in [0.2, 0.25) is 6.20 Å². The van der Waals surface area contributed by atoms with Crippen molar-refractivity contribution in [3.05, 3.63) is 35.1 Å². The second-order valence-electron chi connectivity index (χ2n) is 4.30.